The summed E-state index contributed by atoms with van der Waals surface area (Å²) >= 11 is 0. The van der Waals surface area contributed by atoms with Gasteiger partial charge in [-0.2, -0.15) is 0 Å². The zero-order valence-electron chi connectivity index (χ0n) is 13.8. The van der Waals surface area contributed by atoms with E-state index in [4.69, 9.17) is 0 Å². The molecule has 0 aromatic heterocycles. The van der Waals surface area contributed by atoms with E-state index in [1.807, 2.05) is 19.1 Å². The number of rotatable bonds is 6. The molecule has 0 spiro atoms. The minimum Gasteiger partial charge on any atom is -0.376 e. The van der Waals surface area contributed by atoms with Gasteiger partial charge in [0.15, 0.2) is 0 Å². The summed E-state index contributed by atoms with van der Waals surface area (Å²) in [5, 5.41) is 3.14. The van der Waals surface area contributed by atoms with E-state index in [2.05, 4.69) is 24.4 Å². The number of carbonyl (C=O) groups excluding carboxylic acids is 1. The minimum absolute atomic E-state index is 0.0126. The lowest BCUT2D eigenvalue weighted by Gasteiger charge is -2.25. The summed E-state index contributed by atoms with van der Waals surface area (Å²) in [6.07, 6.45) is 0.997. The van der Waals surface area contributed by atoms with Crippen molar-refractivity contribution >= 4 is 11.6 Å². The van der Waals surface area contributed by atoms with Crippen molar-refractivity contribution in [2.24, 2.45) is 0 Å². The maximum atomic E-state index is 13.0. The number of likely N-dealkylation sites (N-methyl/N-ethyl adjacent to an activating group) is 1. The lowest BCUT2D eigenvalue weighted by Crippen LogP contribution is -2.34. The van der Waals surface area contributed by atoms with Crippen LogP contribution in [0, 0.1) is 5.82 Å². The Balaban J connectivity index is 1.92. The molecule has 0 bridgehead atoms. The monoisotopic (exact) mass is 314 g/mol. The Hall–Kier alpha value is -2.36. The first-order chi connectivity index (χ1) is 11.0. The maximum Gasteiger partial charge on any atom is 0.242 e. The van der Waals surface area contributed by atoms with Crippen LogP contribution in [0.4, 0.5) is 10.1 Å². The van der Waals surface area contributed by atoms with Crippen LogP contribution in [0.15, 0.2) is 48.5 Å². The molecule has 0 fully saturated rings. The molecule has 4 heteroatoms. The van der Waals surface area contributed by atoms with Gasteiger partial charge in [-0.1, -0.05) is 31.2 Å². The first-order valence-electron chi connectivity index (χ1n) is 7.85. The third-order valence-corrected chi connectivity index (χ3v) is 4.13. The predicted octanol–water partition coefficient (Wildman–Crippen LogP) is 4.02. The second-order valence-electron chi connectivity index (χ2n) is 5.64. The lowest BCUT2D eigenvalue weighted by molar-refractivity contribution is -0.129. The number of nitrogens with one attached hydrogen (secondary N) is 1. The molecule has 122 valence electrons. The number of anilines is 1. The van der Waals surface area contributed by atoms with E-state index in [1.165, 1.54) is 17.7 Å². The Bertz CT molecular complexity index is 637. The van der Waals surface area contributed by atoms with Crippen molar-refractivity contribution in [3.63, 3.8) is 0 Å². The fourth-order valence-corrected chi connectivity index (χ4v) is 2.34. The number of hydrogen-bond acceptors (Lipinski definition) is 2. The highest BCUT2D eigenvalue weighted by molar-refractivity contribution is 5.81. The van der Waals surface area contributed by atoms with Crippen molar-refractivity contribution in [2.75, 3.05) is 18.9 Å². The Labute approximate surface area is 137 Å². The molecule has 1 amide bonds. The fourth-order valence-electron chi connectivity index (χ4n) is 2.34. The maximum absolute atomic E-state index is 13.0. The Kier molecular flexibility index (Phi) is 5.74. The van der Waals surface area contributed by atoms with Gasteiger partial charge in [-0.25, -0.2) is 4.39 Å². The molecule has 0 saturated carbocycles. The van der Waals surface area contributed by atoms with Crippen LogP contribution < -0.4 is 5.32 Å². The Morgan fingerprint density at radius 1 is 1.13 bits per heavy atom. The summed E-state index contributed by atoms with van der Waals surface area (Å²) in [7, 11) is 1.76. The smallest absolute Gasteiger partial charge is 0.242 e. The van der Waals surface area contributed by atoms with E-state index < -0.39 is 0 Å². The molecular formula is C19H23FN2O. The van der Waals surface area contributed by atoms with Crippen molar-refractivity contribution in [2.45, 2.75) is 26.3 Å². The molecule has 0 radical (unpaired) electrons. The van der Waals surface area contributed by atoms with Gasteiger partial charge in [0.2, 0.25) is 5.91 Å². The quantitative estimate of drug-likeness (QED) is 0.873. The van der Waals surface area contributed by atoms with E-state index in [0.29, 0.717) is 0 Å². The largest absolute Gasteiger partial charge is 0.376 e. The van der Waals surface area contributed by atoms with Gasteiger partial charge in [0.05, 0.1) is 12.6 Å². The summed E-state index contributed by atoms with van der Waals surface area (Å²) in [5.41, 5.74) is 3.11. The summed E-state index contributed by atoms with van der Waals surface area (Å²) in [6.45, 7) is 4.27. The molecule has 0 aliphatic rings. The highest BCUT2D eigenvalue weighted by atomic mass is 19.1. The standard InChI is InChI=1S/C19H23FN2O/c1-4-15-5-11-18(12-6-15)21-13-19(23)22(3)14(2)16-7-9-17(20)10-8-16/h5-12,14,21H,4,13H2,1-3H3. The van der Waals surface area contributed by atoms with E-state index in [9.17, 15) is 9.18 Å². The van der Waals surface area contributed by atoms with Gasteiger partial charge in [0.25, 0.3) is 0 Å². The fraction of sp³-hybridized carbons (Fsp3) is 0.316. The van der Waals surface area contributed by atoms with Gasteiger partial charge in [-0.15, -0.1) is 0 Å². The van der Waals surface area contributed by atoms with Gasteiger partial charge in [0, 0.05) is 12.7 Å². The Morgan fingerprint density at radius 2 is 1.74 bits per heavy atom. The molecular weight excluding hydrogens is 291 g/mol. The molecule has 1 atom stereocenters. The zero-order valence-corrected chi connectivity index (χ0v) is 13.8. The van der Waals surface area contributed by atoms with Crippen LogP contribution in [0.3, 0.4) is 0 Å². The van der Waals surface area contributed by atoms with Gasteiger partial charge in [-0.3, -0.25) is 4.79 Å². The van der Waals surface area contributed by atoms with E-state index in [-0.39, 0.29) is 24.3 Å². The molecule has 0 saturated heterocycles. The topological polar surface area (TPSA) is 32.3 Å². The van der Waals surface area contributed by atoms with E-state index in [1.54, 1.807) is 24.1 Å². The van der Waals surface area contributed by atoms with Crippen molar-refractivity contribution in [3.8, 4) is 0 Å². The highest BCUT2D eigenvalue weighted by Crippen LogP contribution is 2.19. The normalized spacial score (nSPS) is 11.8. The van der Waals surface area contributed by atoms with Crippen LogP contribution in [-0.2, 0) is 11.2 Å². The van der Waals surface area contributed by atoms with Crippen molar-refractivity contribution < 1.29 is 9.18 Å². The number of halogens is 1. The summed E-state index contributed by atoms with van der Waals surface area (Å²) in [5.74, 6) is -0.284. The third-order valence-electron chi connectivity index (χ3n) is 4.13. The first-order valence-corrected chi connectivity index (χ1v) is 7.85. The highest BCUT2D eigenvalue weighted by Gasteiger charge is 2.17. The van der Waals surface area contributed by atoms with Crippen LogP contribution >= 0.6 is 0 Å². The molecule has 23 heavy (non-hydrogen) atoms. The summed E-state index contributed by atoms with van der Waals surface area (Å²) in [4.78, 5) is 14.0. The molecule has 1 N–H and O–H groups in total. The number of nitrogens with zero attached hydrogens (tertiary/aromatic N) is 1. The average molecular weight is 314 g/mol. The van der Waals surface area contributed by atoms with Gasteiger partial charge < -0.3 is 10.2 Å². The van der Waals surface area contributed by atoms with Gasteiger partial charge >= 0.3 is 0 Å². The number of amides is 1. The molecule has 0 aliphatic carbocycles. The second-order valence-corrected chi connectivity index (χ2v) is 5.64. The number of carbonyl (C=O) groups is 1. The molecule has 1 unspecified atom stereocenters. The molecule has 2 aromatic rings. The predicted molar refractivity (Wildman–Crippen MR) is 91.9 cm³/mol. The summed E-state index contributed by atoms with van der Waals surface area (Å²) < 4.78 is 13.0. The SMILES string of the molecule is CCc1ccc(NCC(=O)N(C)C(C)c2ccc(F)cc2)cc1. The average Bonchev–Trinajstić information content (AvgIpc) is 2.59. The van der Waals surface area contributed by atoms with Crippen LogP contribution in [0.5, 0.6) is 0 Å². The van der Waals surface area contributed by atoms with Crippen LogP contribution in [-0.4, -0.2) is 24.4 Å². The van der Waals surface area contributed by atoms with Crippen LogP contribution in [0.25, 0.3) is 0 Å². The van der Waals surface area contributed by atoms with Crippen LogP contribution in [0.2, 0.25) is 0 Å². The lowest BCUT2D eigenvalue weighted by atomic mass is 10.1. The Morgan fingerprint density at radius 3 is 2.30 bits per heavy atom. The summed E-state index contributed by atoms with van der Waals surface area (Å²) in [6, 6.07) is 14.2. The molecule has 2 rings (SSSR count). The zero-order chi connectivity index (χ0) is 16.8. The number of aryl methyl sites for hydroxylation is 1. The second kappa shape index (κ2) is 7.77. The van der Waals surface area contributed by atoms with Crippen LogP contribution in [0.1, 0.15) is 31.0 Å². The van der Waals surface area contributed by atoms with Crippen molar-refractivity contribution in [3.05, 3.63) is 65.5 Å². The van der Waals surface area contributed by atoms with E-state index >= 15 is 0 Å². The van der Waals surface area contributed by atoms with Crippen molar-refractivity contribution in [1.29, 1.82) is 0 Å². The number of hydrogen-bond donors (Lipinski definition) is 1. The van der Waals surface area contributed by atoms with E-state index in [0.717, 1.165) is 17.7 Å². The molecule has 0 heterocycles. The molecule has 2 aromatic carbocycles. The number of benzene rings is 2. The molecule has 0 aliphatic heterocycles. The van der Waals surface area contributed by atoms with Gasteiger partial charge in [0.1, 0.15) is 5.82 Å². The molecule has 3 nitrogen and oxygen atoms in total. The minimum atomic E-state index is -0.271. The van der Waals surface area contributed by atoms with Gasteiger partial charge in [-0.05, 0) is 48.7 Å². The first kappa shape index (κ1) is 17.0. The van der Waals surface area contributed by atoms with Crippen molar-refractivity contribution in [1.82, 2.24) is 4.90 Å². The third kappa shape index (κ3) is 4.55.